The molecule has 0 spiro atoms. The minimum Gasteiger partial charge on any atom is -0.504 e. The van der Waals surface area contributed by atoms with Gasteiger partial charge >= 0.3 is 5.97 Å². The van der Waals surface area contributed by atoms with Crippen LogP contribution >= 0.6 is 0 Å². The van der Waals surface area contributed by atoms with E-state index in [9.17, 15) is 24.9 Å². The fourth-order valence-corrected chi connectivity index (χ4v) is 3.35. The van der Waals surface area contributed by atoms with Crippen LogP contribution in [0.2, 0.25) is 0 Å². The summed E-state index contributed by atoms with van der Waals surface area (Å²) in [5.74, 6) is -2.37. The van der Waals surface area contributed by atoms with Crippen LogP contribution in [0.25, 0.3) is 0 Å². The predicted octanol–water partition coefficient (Wildman–Crippen LogP) is 2.14. The molecule has 3 rings (SSSR count). The number of aliphatic hydroxyl groups excluding tert-OH is 1. The standard InChI is InChI=1S/C21H22O8/c1-4-5-12-8-11-9-16(23)21(2,19(25)14(11)10-28-12)29-20(26)13-6-7-15(22)17(24)18(13)27-3/h4-8,16,22-24H,9-10H2,1-3H3/b5-4+/t16-,21-/m1/s1. The number of aliphatic hydroxyl groups is 1. The molecule has 3 N–H and O–H groups in total. The van der Waals surface area contributed by atoms with E-state index in [0.717, 1.165) is 6.07 Å². The molecule has 0 aromatic heterocycles. The maximum Gasteiger partial charge on any atom is 0.343 e. The van der Waals surface area contributed by atoms with Gasteiger partial charge in [-0.3, -0.25) is 4.79 Å². The van der Waals surface area contributed by atoms with E-state index in [4.69, 9.17) is 14.2 Å². The first-order valence-electron chi connectivity index (χ1n) is 8.97. The van der Waals surface area contributed by atoms with Crippen molar-refractivity contribution in [3.05, 3.63) is 52.8 Å². The Bertz CT molecular complexity index is 956. The Morgan fingerprint density at radius 1 is 1.34 bits per heavy atom. The number of ketones is 1. The SMILES string of the molecule is C/C=C/C1=CC2=C(CO1)C(=O)[C@](C)(OC(=O)c1ccc(O)c(O)c1OC)[C@H](O)C2. The maximum atomic E-state index is 13.1. The zero-order valence-electron chi connectivity index (χ0n) is 16.3. The van der Waals surface area contributed by atoms with Gasteiger partial charge in [0.25, 0.3) is 0 Å². The number of hydrogen-bond acceptors (Lipinski definition) is 8. The first-order valence-corrected chi connectivity index (χ1v) is 8.97. The Kier molecular flexibility index (Phi) is 5.39. The molecule has 2 aliphatic rings. The molecule has 1 aliphatic heterocycles. The van der Waals surface area contributed by atoms with Crippen LogP contribution in [0, 0.1) is 0 Å². The molecule has 154 valence electrons. The van der Waals surface area contributed by atoms with E-state index in [1.807, 2.05) is 6.92 Å². The van der Waals surface area contributed by atoms with Crippen LogP contribution in [-0.2, 0) is 14.3 Å². The second-order valence-electron chi connectivity index (χ2n) is 6.90. The molecule has 8 heteroatoms. The van der Waals surface area contributed by atoms with E-state index < -0.39 is 35.0 Å². The lowest BCUT2D eigenvalue weighted by Gasteiger charge is -2.39. The van der Waals surface area contributed by atoms with Crippen molar-refractivity contribution in [2.75, 3.05) is 13.7 Å². The number of carbonyl (C=O) groups excluding carboxylic acids is 2. The number of phenolic OH excluding ortho intramolecular Hbond substituents is 2. The highest BCUT2D eigenvalue weighted by molar-refractivity contribution is 6.07. The lowest BCUT2D eigenvalue weighted by atomic mass is 9.77. The molecule has 1 aromatic rings. The number of phenols is 2. The van der Waals surface area contributed by atoms with Gasteiger partial charge in [0, 0.05) is 12.0 Å². The normalized spacial score (nSPS) is 24.1. The van der Waals surface area contributed by atoms with Gasteiger partial charge in [0.2, 0.25) is 11.5 Å². The van der Waals surface area contributed by atoms with E-state index in [2.05, 4.69) is 0 Å². The molecule has 0 saturated heterocycles. The van der Waals surface area contributed by atoms with Crippen molar-refractivity contribution in [3.8, 4) is 17.2 Å². The van der Waals surface area contributed by atoms with Gasteiger partial charge in [-0.2, -0.15) is 0 Å². The molecular formula is C21H22O8. The summed E-state index contributed by atoms with van der Waals surface area (Å²) in [5.41, 5.74) is -1.07. The Labute approximate surface area is 167 Å². The molecule has 1 heterocycles. The minimum absolute atomic E-state index is 0.00746. The number of hydrogen-bond donors (Lipinski definition) is 3. The molecular weight excluding hydrogens is 380 g/mol. The van der Waals surface area contributed by atoms with Crippen LogP contribution in [0.3, 0.4) is 0 Å². The third-order valence-corrected chi connectivity index (χ3v) is 5.03. The second kappa shape index (κ2) is 7.63. The molecule has 0 saturated carbocycles. The Morgan fingerprint density at radius 3 is 2.72 bits per heavy atom. The molecule has 0 fully saturated rings. The van der Waals surface area contributed by atoms with Crippen molar-refractivity contribution < 1.29 is 39.1 Å². The summed E-state index contributed by atoms with van der Waals surface area (Å²) in [6.07, 6.45) is 4.05. The smallest absolute Gasteiger partial charge is 0.343 e. The number of ether oxygens (including phenoxy) is 3. The number of aromatic hydroxyl groups is 2. The van der Waals surface area contributed by atoms with Crippen LogP contribution in [0.15, 0.2) is 47.3 Å². The van der Waals surface area contributed by atoms with Gasteiger partial charge in [0.05, 0.1) is 7.11 Å². The highest BCUT2D eigenvalue weighted by atomic mass is 16.6. The fraction of sp³-hybridized carbons (Fsp3) is 0.333. The zero-order chi connectivity index (χ0) is 21.3. The molecule has 8 nitrogen and oxygen atoms in total. The Balaban J connectivity index is 1.93. The van der Waals surface area contributed by atoms with Crippen molar-refractivity contribution in [1.29, 1.82) is 0 Å². The van der Waals surface area contributed by atoms with Crippen molar-refractivity contribution >= 4 is 11.8 Å². The number of rotatable bonds is 4. The lowest BCUT2D eigenvalue weighted by molar-refractivity contribution is -0.147. The molecule has 1 aromatic carbocycles. The van der Waals surface area contributed by atoms with Gasteiger partial charge in [-0.25, -0.2) is 4.79 Å². The van der Waals surface area contributed by atoms with Crippen molar-refractivity contribution in [2.24, 2.45) is 0 Å². The van der Waals surface area contributed by atoms with Crippen molar-refractivity contribution in [1.82, 2.24) is 0 Å². The number of allylic oxidation sites excluding steroid dienone is 3. The van der Waals surface area contributed by atoms with E-state index in [1.165, 1.54) is 20.1 Å². The second-order valence-corrected chi connectivity index (χ2v) is 6.90. The summed E-state index contributed by atoms with van der Waals surface area (Å²) >= 11 is 0. The summed E-state index contributed by atoms with van der Waals surface area (Å²) < 4.78 is 15.9. The van der Waals surface area contributed by atoms with Gasteiger partial charge < -0.3 is 29.5 Å². The van der Waals surface area contributed by atoms with Crippen LogP contribution in [0.4, 0.5) is 0 Å². The van der Waals surface area contributed by atoms with E-state index in [-0.39, 0.29) is 24.3 Å². The van der Waals surface area contributed by atoms with E-state index in [1.54, 1.807) is 18.2 Å². The molecule has 0 amide bonds. The lowest BCUT2D eigenvalue weighted by Crippen LogP contribution is -2.54. The molecule has 0 unspecified atom stereocenters. The number of carbonyl (C=O) groups is 2. The summed E-state index contributed by atoms with van der Waals surface area (Å²) in [7, 11) is 1.21. The number of Topliss-reactive ketones (excluding diaryl/α,β-unsaturated/α-hetero) is 1. The largest absolute Gasteiger partial charge is 0.504 e. The summed E-state index contributed by atoms with van der Waals surface area (Å²) in [6.45, 7) is 3.17. The fourth-order valence-electron chi connectivity index (χ4n) is 3.35. The summed E-state index contributed by atoms with van der Waals surface area (Å²) in [5, 5.41) is 30.1. The molecule has 0 radical (unpaired) electrons. The number of methoxy groups -OCH3 is 1. The van der Waals surface area contributed by atoms with Gasteiger partial charge in [-0.05, 0) is 43.7 Å². The molecule has 0 bridgehead atoms. The van der Waals surface area contributed by atoms with Crippen LogP contribution < -0.4 is 4.74 Å². The highest BCUT2D eigenvalue weighted by Crippen LogP contribution is 2.41. The van der Waals surface area contributed by atoms with E-state index in [0.29, 0.717) is 16.9 Å². The van der Waals surface area contributed by atoms with Gasteiger partial charge in [-0.1, -0.05) is 6.08 Å². The maximum absolute atomic E-state index is 13.1. The van der Waals surface area contributed by atoms with Crippen LogP contribution in [0.5, 0.6) is 17.2 Å². The van der Waals surface area contributed by atoms with Crippen LogP contribution in [-0.4, -0.2) is 52.5 Å². The third kappa shape index (κ3) is 3.47. The monoisotopic (exact) mass is 402 g/mol. The van der Waals surface area contributed by atoms with Gasteiger partial charge in [0.1, 0.15) is 24.0 Å². The van der Waals surface area contributed by atoms with Crippen molar-refractivity contribution in [2.45, 2.75) is 32.0 Å². The Hall–Kier alpha value is -3.26. The van der Waals surface area contributed by atoms with Gasteiger partial charge in [-0.15, -0.1) is 0 Å². The first kappa shape index (κ1) is 20.5. The minimum atomic E-state index is -1.84. The molecule has 1 aliphatic carbocycles. The van der Waals surface area contributed by atoms with Crippen molar-refractivity contribution in [3.63, 3.8) is 0 Å². The van der Waals surface area contributed by atoms with Crippen LogP contribution in [0.1, 0.15) is 30.6 Å². The average molecular weight is 402 g/mol. The molecule has 29 heavy (non-hydrogen) atoms. The first-order chi connectivity index (χ1) is 13.7. The zero-order valence-corrected chi connectivity index (χ0v) is 16.3. The quantitative estimate of drug-likeness (QED) is 0.517. The van der Waals surface area contributed by atoms with Gasteiger partial charge in [0.15, 0.2) is 17.1 Å². The number of benzene rings is 1. The third-order valence-electron chi connectivity index (χ3n) is 5.03. The Morgan fingerprint density at radius 2 is 2.07 bits per heavy atom. The predicted molar refractivity (Wildman–Crippen MR) is 102 cm³/mol. The summed E-state index contributed by atoms with van der Waals surface area (Å²) in [6, 6.07) is 2.29. The topological polar surface area (TPSA) is 123 Å². The average Bonchev–Trinajstić information content (AvgIpc) is 2.68. The summed E-state index contributed by atoms with van der Waals surface area (Å²) in [4.78, 5) is 25.8. The highest BCUT2D eigenvalue weighted by Gasteiger charge is 2.50. The number of esters is 1. The van der Waals surface area contributed by atoms with E-state index >= 15 is 0 Å². The molecule has 2 atom stereocenters.